The van der Waals surface area contributed by atoms with Gasteiger partial charge >= 0.3 is 0 Å². The summed E-state index contributed by atoms with van der Waals surface area (Å²) in [6, 6.07) is 4.65. The van der Waals surface area contributed by atoms with Gasteiger partial charge in [-0.3, -0.25) is 4.79 Å². The molecular formula is C16H16F2N4O2. The molecule has 0 fully saturated rings. The van der Waals surface area contributed by atoms with Crippen molar-refractivity contribution in [3.05, 3.63) is 53.4 Å². The lowest BCUT2D eigenvalue weighted by Gasteiger charge is -2.12. The number of halogens is 2. The summed E-state index contributed by atoms with van der Waals surface area (Å²) in [6.45, 7) is 3.43. The Morgan fingerprint density at radius 1 is 1.46 bits per heavy atom. The van der Waals surface area contributed by atoms with Gasteiger partial charge in [0.05, 0.1) is 12.5 Å². The summed E-state index contributed by atoms with van der Waals surface area (Å²) in [6.07, 6.45) is 0.631. The first-order chi connectivity index (χ1) is 11.5. The lowest BCUT2D eigenvalue weighted by Crippen LogP contribution is -2.34. The van der Waals surface area contributed by atoms with E-state index >= 15 is 0 Å². The zero-order chi connectivity index (χ0) is 17.3. The predicted octanol–water partition coefficient (Wildman–Crippen LogP) is 2.93. The fourth-order valence-corrected chi connectivity index (χ4v) is 2.51. The number of amides is 1. The summed E-state index contributed by atoms with van der Waals surface area (Å²) >= 11 is 0. The van der Waals surface area contributed by atoms with E-state index in [1.165, 1.54) is 12.3 Å². The molecule has 1 atom stereocenters. The van der Waals surface area contributed by atoms with Crippen LogP contribution in [0.4, 0.5) is 8.78 Å². The number of aryl methyl sites for hydroxylation is 1. The van der Waals surface area contributed by atoms with E-state index in [9.17, 15) is 13.6 Å². The lowest BCUT2D eigenvalue weighted by molar-refractivity contribution is 0.0940. The standard InChI is InChI=1S/C16H16F2N4O2/c1-9(6-11-4-3-5-24-11)21-16(23)12-8-19-22-13(14(17)18)7-10(2)20-15(12)22/h3-5,7-9,14H,6H2,1-2H3,(H,21,23). The first-order valence-corrected chi connectivity index (χ1v) is 7.42. The summed E-state index contributed by atoms with van der Waals surface area (Å²) in [5.41, 5.74) is 0.385. The molecule has 1 unspecified atom stereocenters. The van der Waals surface area contributed by atoms with Crippen LogP contribution in [0.2, 0.25) is 0 Å². The molecule has 0 bridgehead atoms. The smallest absolute Gasteiger partial charge is 0.280 e. The van der Waals surface area contributed by atoms with E-state index in [1.54, 1.807) is 19.3 Å². The van der Waals surface area contributed by atoms with Crippen LogP contribution in [0.5, 0.6) is 0 Å². The van der Waals surface area contributed by atoms with Crippen LogP contribution in [0, 0.1) is 6.92 Å². The number of carbonyl (C=O) groups is 1. The van der Waals surface area contributed by atoms with Gasteiger partial charge in [-0.1, -0.05) is 0 Å². The van der Waals surface area contributed by atoms with Crippen LogP contribution in [0.15, 0.2) is 35.1 Å². The lowest BCUT2D eigenvalue weighted by atomic mass is 10.2. The van der Waals surface area contributed by atoms with E-state index in [-0.39, 0.29) is 22.9 Å². The first-order valence-electron chi connectivity index (χ1n) is 7.42. The van der Waals surface area contributed by atoms with E-state index in [0.717, 1.165) is 10.3 Å². The molecule has 0 saturated carbocycles. The number of rotatable bonds is 5. The number of hydrogen-bond donors (Lipinski definition) is 1. The number of nitrogens with zero attached hydrogens (tertiary/aromatic N) is 3. The molecule has 3 aromatic rings. The fourth-order valence-electron chi connectivity index (χ4n) is 2.51. The normalized spacial score (nSPS) is 12.7. The van der Waals surface area contributed by atoms with Gasteiger partial charge in [0.15, 0.2) is 5.65 Å². The number of nitrogens with one attached hydrogen (secondary N) is 1. The molecule has 0 aliphatic heterocycles. The molecule has 3 rings (SSSR count). The van der Waals surface area contributed by atoms with Crippen molar-refractivity contribution in [3.8, 4) is 0 Å². The minimum absolute atomic E-state index is 0.119. The Morgan fingerprint density at radius 2 is 2.25 bits per heavy atom. The Bertz CT molecular complexity index is 858. The maximum atomic E-state index is 13.1. The Labute approximate surface area is 136 Å². The summed E-state index contributed by atoms with van der Waals surface area (Å²) in [5, 5.41) is 6.68. The SMILES string of the molecule is Cc1cc(C(F)F)n2ncc(C(=O)NC(C)Cc3ccco3)c2n1. The molecule has 0 aromatic carbocycles. The quantitative estimate of drug-likeness (QED) is 0.779. The van der Waals surface area contributed by atoms with Gasteiger partial charge in [0.25, 0.3) is 12.3 Å². The van der Waals surface area contributed by atoms with Crippen molar-refractivity contribution in [3.63, 3.8) is 0 Å². The molecule has 0 aliphatic carbocycles. The summed E-state index contributed by atoms with van der Waals surface area (Å²) in [4.78, 5) is 16.6. The van der Waals surface area contributed by atoms with Gasteiger partial charge in [-0.2, -0.15) is 5.10 Å². The molecule has 3 heterocycles. The molecular weight excluding hydrogens is 318 g/mol. The highest BCUT2D eigenvalue weighted by atomic mass is 19.3. The third-order valence-electron chi connectivity index (χ3n) is 3.56. The minimum Gasteiger partial charge on any atom is -0.469 e. The van der Waals surface area contributed by atoms with Gasteiger partial charge in [-0.05, 0) is 32.0 Å². The average molecular weight is 334 g/mol. The van der Waals surface area contributed by atoms with Crippen molar-refractivity contribution in [2.24, 2.45) is 0 Å². The largest absolute Gasteiger partial charge is 0.469 e. The van der Waals surface area contributed by atoms with Crippen molar-refractivity contribution >= 4 is 11.6 Å². The van der Waals surface area contributed by atoms with Crippen LogP contribution in [-0.4, -0.2) is 26.5 Å². The summed E-state index contributed by atoms with van der Waals surface area (Å²) in [5.74, 6) is 0.332. The maximum absolute atomic E-state index is 13.1. The van der Waals surface area contributed by atoms with Crippen molar-refractivity contribution in [1.29, 1.82) is 0 Å². The monoisotopic (exact) mass is 334 g/mol. The van der Waals surface area contributed by atoms with Gasteiger partial charge in [0.1, 0.15) is 17.0 Å². The van der Waals surface area contributed by atoms with Gasteiger partial charge < -0.3 is 9.73 Å². The number of aromatic nitrogens is 3. The van der Waals surface area contributed by atoms with Gasteiger partial charge in [-0.25, -0.2) is 18.3 Å². The summed E-state index contributed by atoms with van der Waals surface area (Å²) < 4.78 is 32.5. The Hall–Kier alpha value is -2.77. The van der Waals surface area contributed by atoms with Crippen LogP contribution in [0.25, 0.3) is 5.65 Å². The van der Waals surface area contributed by atoms with E-state index in [2.05, 4.69) is 15.4 Å². The number of fused-ring (bicyclic) bond motifs is 1. The molecule has 6 nitrogen and oxygen atoms in total. The number of carbonyl (C=O) groups excluding carboxylic acids is 1. The van der Waals surface area contributed by atoms with Gasteiger partial charge in [0, 0.05) is 18.2 Å². The average Bonchev–Trinajstić information content (AvgIpc) is 3.15. The van der Waals surface area contributed by atoms with Crippen molar-refractivity contribution < 1.29 is 18.0 Å². The second-order valence-electron chi connectivity index (χ2n) is 5.57. The van der Waals surface area contributed by atoms with E-state index in [0.29, 0.717) is 12.1 Å². The molecule has 1 N–H and O–H groups in total. The predicted molar refractivity (Wildman–Crippen MR) is 82.0 cm³/mol. The highest BCUT2D eigenvalue weighted by Crippen LogP contribution is 2.21. The van der Waals surface area contributed by atoms with Crippen molar-refractivity contribution in [2.45, 2.75) is 32.7 Å². The number of alkyl halides is 2. The summed E-state index contributed by atoms with van der Waals surface area (Å²) in [7, 11) is 0. The van der Waals surface area contributed by atoms with Crippen LogP contribution in [0.3, 0.4) is 0 Å². The van der Waals surface area contributed by atoms with E-state index in [1.807, 2.05) is 13.0 Å². The van der Waals surface area contributed by atoms with Gasteiger partial charge in [0.2, 0.25) is 0 Å². The van der Waals surface area contributed by atoms with Crippen LogP contribution in [0.1, 0.15) is 40.9 Å². The highest BCUT2D eigenvalue weighted by molar-refractivity contribution is 5.99. The van der Waals surface area contributed by atoms with Crippen LogP contribution < -0.4 is 5.32 Å². The zero-order valence-corrected chi connectivity index (χ0v) is 13.2. The molecule has 8 heteroatoms. The molecule has 126 valence electrons. The van der Waals surface area contributed by atoms with E-state index < -0.39 is 12.3 Å². The second kappa shape index (κ2) is 6.38. The van der Waals surface area contributed by atoms with Gasteiger partial charge in [-0.15, -0.1) is 0 Å². The van der Waals surface area contributed by atoms with E-state index in [4.69, 9.17) is 4.42 Å². The molecule has 0 radical (unpaired) electrons. The molecule has 1 amide bonds. The second-order valence-corrected chi connectivity index (χ2v) is 5.57. The third-order valence-corrected chi connectivity index (χ3v) is 3.56. The fraction of sp³-hybridized carbons (Fsp3) is 0.312. The van der Waals surface area contributed by atoms with Crippen LogP contribution >= 0.6 is 0 Å². The molecule has 3 aromatic heterocycles. The van der Waals surface area contributed by atoms with Crippen LogP contribution in [-0.2, 0) is 6.42 Å². The maximum Gasteiger partial charge on any atom is 0.280 e. The van der Waals surface area contributed by atoms with Crippen molar-refractivity contribution in [1.82, 2.24) is 19.9 Å². The number of furan rings is 1. The Morgan fingerprint density at radius 3 is 2.92 bits per heavy atom. The molecule has 24 heavy (non-hydrogen) atoms. The number of hydrogen-bond acceptors (Lipinski definition) is 4. The zero-order valence-electron chi connectivity index (χ0n) is 13.2. The first kappa shape index (κ1) is 16.1. The highest BCUT2D eigenvalue weighted by Gasteiger charge is 2.21. The molecule has 0 spiro atoms. The van der Waals surface area contributed by atoms with Crippen molar-refractivity contribution in [2.75, 3.05) is 0 Å². The molecule has 0 aliphatic rings. The Balaban J connectivity index is 1.85. The Kier molecular flexibility index (Phi) is 4.28. The topological polar surface area (TPSA) is 72.4 Å². The third kappa shape index (κ3) is 3.12. The minimum atomic E-state index is -2.71. The molecule has 0 saturated heterocycles.